The van der Waals surface area contributed by atoms with Crippen molar-refractivity contribution in [2.24, 2.45) is 11.7 Å². The number of hydrogen-bond donors (Lipinski definition) is 2. The third-order valence-corrected chi connectivity index (χ3v) is 5.59. The molecule has 3 N–H and O–H groups in total. The molecule has 112 valence electrons. The van der Waals surface area contributed by atoms with E-state index in [0.717, 1.165) is 19.3 Å². The van der Waals surface area contributed by atoms with Gasteiger partial charge >= 0.3 is 0 Å². The maximum Gasteiger partial charge on any atom is 0.241 e. The number of benzene rings is 1. The van der Waals surface area contributed by atoms with Gasteiger partial charge in [0, 0.05) is 6.04 Å². The normalized spacial score (nSPS) is 22.9. The quantitative estimate of drug-likeness (QED) is 0.861. The van der Waals surface area contributed by atoms with Gasteiger partial charge in [0.1, 0.15) is 5.75 Å². The van der Waals surface area contributed by atoms with Crippen molar-refractivity contribution in [3.63, 3.8) is 0 Å². The molecule has 0 unspecified atom stereocenters. The van der Waals surface area contributed by atoms with Crippen molar-refractivity contribution in [3.8, 4) is 5.75 Å². The van der Waals surface area contributed by atoms with Crippen molar-refractivity contribution >= 4 is 10.0 Å². The summed E-state index contributed by atoms with van der Waals surface area (Å²) in [6.45, 7) is 2.29. The number of hydrogen-bond acceptors (Lipinski definition) is 4. The van der Waals surface area contributed by atoms with E-state index in [1.807, 2.05) is 0 Å². The van der Waals surface area contributed by atoms with Gasteiger partial charge in [0.05, 0.1) is 12.0 Å². The monoisotopic (exact) mass is 298 g/mol. The molecule has 20 heavy (non-hydrogen) atoms. The molecule has 0 heterocycles. The summed E-state index contributed by atoms with van der Waals surface area (Å²) in [6.07, 6.45) is 2.87. The van der Waals surface area contributed by atoms with Crippen LogP contribution in [0.1, 0.15) is 24.8 Å². The second kappa shape index (κ2) is 6.11. The van der Waals surface area contributed by atoms with E-state index >= 15 is 0 Å². The Morgan fingerprint density at radius 2 is 2.15 bits per heavy atom. The maximum absolute atomic E-state index is 12.5. The fourth-order valence-electron chi connectivity index (χ4n) is 2.79. The summed E-state index contributed by atoms with van der Waals surface area (Å²) in [7, 11) is -1.94. The molecule has 0 radical (unpaired) electrons. The lowest BCUT2D eigenvalue weighted by atomic mass is 10.1. The van der Waals surface area contributed by atoms with Gasteiger partial charge in [-0.05, 0) is 56.0 Å². The molecule has 1 fully saturated rings. The second-order valence-electron chi connectivity index (χ2n) is 5.29. The average molecular weight is 298 g/mol. The molecule has 0 aromatic heterocycles. The smallest absolute Gasteiger partial charge is 0.241 e. The van der Waals surface area contributed by atoms with Crippen molar-refractivity contribution in [2.45, 2.75) is 37.1 Å². The number of ether oxygens (including phenoxy) is 1. The lowest BCUT2D eigenvalue weighted by Gasteiger charge is -2.20. The number of nitrogens with two attached hydrogens (primary N) is 1. The minimum atomic E-state index is -3.50. The van der Waals surface area contributed by atoms with Crippen LogP contribution in [0.3, 0.4) is 0 Å². The number of aryl methyl sites for hydroxylation is 1. The molecule has 6 heteroatoms. The lowest BCUT2D eigenvalue weighted by Crippen LogP contribution is -2.40. The molecule has 0 aliphatic heterocycles. The summed E-state index contributed by atoms with van der Waals surface area (Å²) in [4.78, 5) is 0.306. The van der Waals surface area contributed by atoms with Crippen LogP contribution in [0, 0.1) is 12.8 Å². The molecule has 1 aromatic rings. The van der Waals surface area contributed by atoms with Gasteiger partial charge in [0.2, 0.25) is 10.0 Å². The Bertz CT molecular complexity index is 572. The number of nitrogens with one attached hydrogen (secondary N) is 1. The summed E-state index contributed by atoms with van der Waals surface area (Å²) in [5, 5.41) is 0. The Hall–Kier alpha value is -1.11. The highest BCUT2D eigenvalue weighted by Gasteiger charge is 2.30. The second-order valence-corrected chi connectivity index (χ2v) is 6.97. The minimum absolute atomic E-state index is 0.0495. The van der Waals surface area contributed by atoms with E-state index in [9.17, 15) is 8.42 Å². The Labute approximate surface area is 120 Å². The van der Waals surface area contributed by atoms with Crippen molar-refractivity contribution in [3.05, 3.63) is 23.8 Å². The molecule has 0 bridgehead atoms. The van der Waals surface area contributed by atoms with E-state index in [4.69, 9.17) is 10.5 Å². The summed E-state index contributed by atoms with van der Waals surface area (Å²) in [6, 6.07) is 4.93. The van der Waals surface area contributed by atoms with Crippen LogP contribution < -0.4 is 15.2 Å². The van der Waals surface area contributed by atoms with Crippen LogP contribution in [0.5, 0.6) is 5.75 Å². The Morgan fingerprint density at radius 1 is 1.40 bits per heavy atom. The summed E-state index contributed by atoms with van der Waals surface area (Å²) in [5.41, 5.74) is 6.38. The SMILES string of the molecule is COc1ccc(S(=O)(=O)N[C@@H]2CCC[C@@H]2CN)c(C)c1. The molecular formula is C14H22N2O3S. The first kappa shape index (κ1) is 15.3. The first-order chi connectivity index (χ1) is 9.47. The van der Waals surface area contributed by atoms with Crippen LogP contribution in [0.15, 0.2) is 23.1 Å². The fraction of sp³-hybridized carbons (Fsp3) is 0.571. The third kappa shape index (κ3) is 3.13. The highest BCUT2D eigenvalue weighted by Crippen LogP contribution is 2.27. The van der Waals surface area contributed by atoms with E-state index in [-0.39, 0.29) is 12.0 Å². The number of methoxy groups -OCH3 is 1. The topological polar surface area (TPSA) is 81.4 Å². The number of rotatable bonds is 5. The highest BCUT2D eigenvalue weighted by molar-refractivity contribution is 7.89. The summed E-state index contributed by atoms with van der Waals surface area (Å²) < 4.78 is 32.9. The van der Waals surface area contributed by atoms with Crippen LogP contribution in [0.25, 0.3) is 0 Å². The van der Waals surface area contributed by atoms with Crippen LogP contribution >= 0.6 is 0 Å². The fourth-order valence-corrected chi connectivity index (χ4v) is 4.35. The zero-order chi connectivity index (χ0) is 14.8. The van der Waals surface area contributed by atoms with Gasteiger partial charge in [-0.2, -0.15) is 0 Å². The lowest BCUT2D eigenvalue weighted by molar-refractivity contribution is 0.414. The van der Waals surface area contributed by atoms with Gasteiger partial charge in [-0.15, -0.1) is 0 Å². The van der Waals surface area contributed by atoms with Gasteiger partial charge in [0.25, 0.3) is 0 Å². The Kier molecular flexibility index (Phi) is 4.67. The molecule has 0 spiro atoms. The predicted octanol–water partition coefficient (Wildman–Crippen LogP) is 1.41. The summed E-state index contributed by atoms with van der Waals surface area (Å²) >= 11 is 0. The van der Waals surface area contributed by atoms with Gasteiger partial charge in [0.15, 0.2) is 0 Å². The van der Waals surface area contributed by atoms with Gasteiger partial charge in [-0.1, -0.05) is 6.42 Å². The van der Waals surface area contributed by atoms with Gasteiger partial charge in [-0.3, -0.25) is 0 Å². The maximum atomic E-state index is 12.5. The van der Waals surface area contributed by atoms with E-state index in [1.165, 1.54) is 0 Å². The molecule has 1 aliphatic carbocycles. The standard InChI is InChI=1S/C14H22N2O3S/c1-10-8-12(19-2)6-7-14(10)20(17,18)16-13-5-3-4-11(13)9-15/h6-8,11,13,16H,3-5,9,15H2,1-2H3/t11-,13-/m1/s1. The molecule has 1 saturated carbocycles. The van der Waals surface area contributed by atoms with Crippen LogP contribution in [0.2, 0.25) is 0 Å². The molecule has 5 nitrogen and oxygen atoms in total. The zero-order valence-corrected chi connectivity index (χ0v) is 12.7. The van der Waals surface area contributed by atoms with Crippen molar-refractivity contribution in [2.75, 3.05) is 13.7 Å². The molecule has 1 aromatic carbocycles. The first-order valence-electron chi connectivity index (χ1n) is 6.85. The molecule has 1 aliphatic rings. The zero-order valence-electron chi connectivity index (χ0n) is 11.9. The first-order valence-corrected chi connectivity index (χ1v) is 8.33. The van der Waals surface area contributed by atoms with Crippen molar-refractivity contribution < 1.29 is 13.2 Å². The largest absolute Gasteiger partial charge is 0.497 e. The van der Waals surface area contributed by atoms with Crippen LogP contribution in [-0.4, -0.2) is 28.1 Å². The molecular weight excluding hydrogens is 276 g/mol. The average Bonchev–Trinajstić information content (AvgIpc) is 2.84. The number of sulfonamides is 1. The molecule has 0 amide bonds. The molecule has 0 saturated heterocycles. The molecule has 2 atom stereocenters. The minimum Gasteiger partial charge on any atom is -0.497 e. The Morgan fingerprint density at radius 3 is 2.75 bits per heavy atom. The summed E-state index contributed by atoms with van der Waals surface area (Å²) in [5.74, 6) is 0.894. The Balaban J connectivity index is 2.22. The van der Waals surface area contributed by atoms with Crippen molar-refractivity contribution in [1.29, 1.82) is 0 Å². The van der Waals surface area contributed by atoms with Crippen LogP contribution in [0.4, 0.5) is 0 Å². The van der Waals surface area contributed by atoms with E-state index < -0.39 is 10.0 Å². The molecule has 2 rings (SSSR count). The van der Waals surface area contributed by atoms with E-state index in [2.05, 4.69) is 4.72 Å². The highest BCUT2D eigenvalue weighted by atomic mass is 32.2. The van der Waals surface area contributed by atoms with Crippen LogP contribution in [-0.2, 0) is 10.0 Å². The van der Waals surface area contributed by atoms with Gasteiger partial charge in [-0.25, -0.2) is 13.1 Å². The van der Waals surface area contributed by atoms with E-state index in [1.54, 1.807) is 32.2 Å². The van der Waals surface area contributed by atoms with Crippen molar-refractivity contribution in [1.82, 2.24) is 4.72 Å². The third-order valence-electron chi connectivity index (χ3n) is 3.94. The van der Waals surface area contributed by atoms with Gasteiger partial charge < -0.3 is 10.5 Å². The van der Waals surface area contributed by atoms with E-state index in [0.29, 0.717) is 22.8 Å². The predicted molar refractivity (Wildman–Crippen MR) is 78.2 cm³/mol.